The Bertz CT molecular complexity index is 1020. The number of rotatable bonds is 7. The molecular weight excluding hydrogens is 394 g/mol. The van der Waals surface area contributed by atoms with Crippen LogP contribution in [0, 0.1) is 23.7 Å². The summed E-state index contributed by atoms with van der Waals surface area (Å²) in [7, 11) is 0. The van der Waals surface area contributed by atoms with Crippen molar-refractivity contribution in [2.45, 2.75) is 26.2 Å². The predicted molar refractivity (Wildman–Crippen MR) is 115 cm³/mol. The lowest BCUT2D eigenvalue weighted by Gasteiger charge is -2.28. The molecule has 0 aromatic heterocycles. The van der Waals surface area contributed by atoms with Crippen LogP contribution >= 0.6 is 0 Å². The highest BCUT2D eigenvalue weighted by Gasteiger charge is 2.54. The minimum atomic E-state index is -0.500. The van der Waals surface area contributed by atoms with Crippen molar-refractivity contribution < 1.29 is 23.9 Å². The molecule has 2 aliphatic rings. The van der Waals surface area contributed by atoms with E-state index in [2.05, 4.69) is 5.32 Å². The molecule has 0 radical (unpaired) electrons. The summed E-state index contributed by atoms with van der Waals surface area (Å²) in [6.07, 6.45) is 2.71. The van der Waals surface area contributed by atoms with Gasteiger partial charge in [-0.1, -0.05) is 42.5 Å². The molecule has 1 amide bonds. The van der Waals surface area contributed by atoms with Crippen LogP contribution in [-0.2, 0) is 14.3 Å². The number of carbonyl (C=O) groups excluding carboxylic acids is 4. The number of hydrogen-bond donors (Lipinski definition) is 1. The molecule has 0 saturated heterocycles. The first-order valence-electron chi connectivity index (χ1n) is 10.6. The molecule has 2 aromatic rings. The number of carbonyl (C=O) groups is 4. The number of Topliss-reactive ketones (excluding diaryl/α,β-unsaturated/α-hetero) is 2. The number of nitrogens with one attached hydrogen (secondary N) is 1. The number of fused-ring (bicyclic) bond motifs is 2. The van der Waals surface area contributed by atoms with Gasteiger partial charge in [0, 0.05) is 22.7 Å². The van der Waals surface area contributed by atoms with Gasteiger partial charge in [0.2, 0.25) is 0 Å². The number of ether oxygens (including phenoxy) is 1. The van der Waals surface area contributed by atoms with Crippen LogP contribution < -0.4 is 5.32 Å². The van der Waals surface area contributed by atoms with E-state index >= 15 is 0 Å². The molecular formula is C25H25NO5. The Labute approximate surface area is 181 Å². The first-order valence-corrected chi connectivity index (χ1v) is 10.6. The van der Waals surface area contributed by atoms with Gasteiger partial charge in [0.15, 0.2) is 18.2 Å². The third-order valence-corrected chi connectivity index (χ3v) is 6.45. The second kappa shape index (κ2) is 8.84. The van der Waals surface area contributed by atoms with Crippen molar-refractivity contribution in [3.63, 3.8) is 0 Å². The fraction of sp³-hybridized carbons (Fsp3) is 0.360. The normalized spacial score (nSPS) is 23.9. The van der Waals surface area contributed by atoms with Crippen molar-refractivity contribution in [2.24, 2.45) is 23.7 Å². The number of amides is 1. The minimum Gasteiger partial charge on any atom is -0.455 e. The first-order chi connectivity index (χ1) is 14.9. The zero-order valence-electron chi connectivity index (χ0n) is 17.4. The molecule has 0 heterocycles. The van der Waals surface area contributed by atoms with Gasteiger partial charge in [-0.2, -0.15) is 0 Å². The quantitative estimate of drug-likeness (QED) is 0.543. The zero-order valence-corrected chi connectivity index (χ0v) is 17.4. The molecule has 6 nitrogen and oxygen atoms in total. The van der Waals surface area contributed by atoms with Crippen LogP contribution in [0.5, 0.6) is 0 Å². The Balaban J connectivity index is 1.39. The molecule has 2 aromatic carbocycles. The molecule has 0 spiro atoms. The van der Waals surface area contributed by atoms with Crippen LogP contribution in [0.3, 0.4) is 0 Å². The molecule has 4 rings (SSSR count). The second-order valence-electron chi connectivity index (χ2n) is 8.41. The van der Waals surface area contributed by atoms with Crippen molar-refractivity contribution in [1.29, 1.82) is 0 Å². The zero-order chi connectivity index (χ0) is 22.0. The molecule has 1 N–H and O–H groups in total. The van der Waals surface area contributed by atoms with Crippen LogP contribution in [0.2, 0.25) is 0 Å². The molecule has 0 aliphatic heterocycles. The third-order valence-electron chi connectivity index (χ3n) is 6.45. The van der Waals surface area contributed by atoms with E-state index in [1.54, 1.807) is 36.4 Å². The molecule has 2 saturated carbocycles. The topological polar surface area (TPSA) is 89.5 Å². The van der Waals surface area contributed by atoms with E-state index in [4.69, 9.17) is 4.74 Å². The monoisotopic (exact) mass is 419 g/mol. The Morgan fingerprint density at radius 2 is 1.58 bits per heavy atom. The number of anilines is 1. The molecule has 2 aliphatic carbocycles. The van der Waals surface area contributed by atoms with E-state index in [1.807, 2.05) is 18.2 Å². The van der Waals surface area contributed by atoms with Gasteiger partial charge in [0.05, 0.1) is 5.92 Å². The lowest BCUT2D eigenvalue weighted by atomic mass is 9.75. The Morgan fingerprint density at radius 3 is 2.29 bits per heavy atom. The van der Waals surface area contributed by atoms with Crippen LogP contribution in [0.4, 0.5) is 5.69 Å². The summed E-state index contributed by atoms with van der Waals surface area (Å²) >= 11 is 0. The lowest BCUT2D eigenvalue weighted by molar-refractivity contribution is -0.154. The standard InChI is InChI=1S/C25H25NO5/c1-15(27)17-8-5-9-20(13-17)26-21(28)14-31-25(30)23-19-11-10-18(12-19)22(23)24(29)16-6-3-2-4-7-16/h2-9,13,18-19,22-23H,10-12,14H2,1H3,(H,26,28)/t18-,19-,22+,23-/m0/s1. The van der Waals surface area contributed by atoms with Crippen molar-refractivity contribution in [3.8, 4) is 0 Å². The van der Waals surface area contributed by atoms with E-state index < -0.39 is 24.4 Å². The molecule has 6 heteroatoms. The van der Waals surface area contributed by atoms with Gasteiger partial charge in [-0.25, -0.2) is 0 Å². The average molecular weight is 419 g/mol. The van der Waals surface area contributed by atoms with Crippen LogP contribution in [0.1, 0.15) is 46.9 Å². The van der Waals surface area contributed by atoms with Gasteiger partial charge >= 0.3 is 5.97 Å². The fourth-order valence-corrected chi connectivity index (χ4v) is 5.05. The van der Waals surface area contributed by atoms with Crippen molar-refractivity contribution in [3.05, 3.63) is 65.7 Å². The summed E-state index contributed by atoms with van der Waals surface area (Å²) in [5, 5.41) is 2.64. The Morgan fingerprint density at radius 1 is 0.903 bits per heavy atom. The Kier molecular flexibility index (Phi) is 5.98. The summed E-state index contributed by atoms with van der Waals surface area (Å²) in [4.78, 5) is 49.7. The molecule has 160 valence electrons. The van der Waals surface area contributed by atoms with Crippen molar-refractivity contribution in [2.75, 3.05) is 11.9 Å². The maximum atomic E-state index is 13.1. The summed E-state index contributed by atoms with van der Waals surface area (Å²) in [6, 6.07) is 15.6. The van der Waals surface area contributed by atoms with E-state index in [0.29, 0.717) is 16.8 Å². The Hall–Kier alpha value is -3.28. The van der Waals surface area contributed by atoms with Gasteiger partial charge in [-0.05, 0) is 50.2 Å². The number of ketones is 2. The molecule has 31 heavy (non-hydrogen) atoms. The largest absolute Gasteiger partial charge is 0.455 e. The van der Waals surface area contributed by atoms with Gasteiger partial charge in [0.1, 0.15) is 0 Å². The summed E-state index contributed by atoms with van der Waals surface area (Å²) < 4.78 is 5.34. The van der Waals surface area contributed by atoms with Crippen molar-refractivity contribution >= 4 is 29.1 Å². The maximum Gasteiger partial charge on any atom is 0.310 e. The van der Waals surface area contributed by atoms with E-state index in [-0.39, 0.29) is 29.3 Å². The summed E-state index contributed by atoms with van der Waals surface area (Å²) in [6.45, 7) is 1.02. The van der Waals surface area contributed by atoms with Crippen LogP contribution in [-0.4, -0.2) is 30.0 Å². The second-order valence-corrected chi connectivity index (χ2v) is 8.41. The predicted octanol–water partition coefficient (Wildman–Crippen LogP) is 3.92. The van der Waals surface area contributed by atoms with Gasteiger partial charge < -0.3 is 10.1 Å². The van der Waals surface area contributed by atoms with Crippen LogP contribution in [0.25, 0.3) is 0 Å². The van der Waals surface area contributed by atoms with Gasteiger partial charge in [-0.3, -0.25) is 19.2 Å². The van der Waals surface area contributed by atoms with E-state index in [1.165, 1.54) is 6.92 Å². The fourth-order valence-electron chi connectivity index (χ4n) is 5.05. The third kappa shape index (κ3) is 4.43. The highest BCUT2D eigenvalue weighted by atomic mass is 16.5. The molecule has 4 atom stereocenters. The molecule has 2 fully saturated rings. The maximum absolute atomic E-state index is 13.1. The number of hydrogen-bond acceptors (Lipinski definition) is 5. The van der Waals surface area contributed by atoms with Gasteiger partial charge in [-0.15, -0.1) is 0 Å². The summed E-state index contributed by atoms with van der Waals surface area (Å²) in [5.41, 5.74) is 1.56. The smallest absolute Gasteiger partial charge is 0.310 e. The van der Waals surface area contributed by atoms with E-state index in [0.717, 1.165) is 19.3 Å². The summed E-state index contributed by atoms with van der Waals surface area (Å²) in [5.74, 6) is -1.64. The van der Waals surface area contributed by atoms with Gasteiger partial charge in [0.25, 0.3) is 5.91 Å². The number of esters is 1. The minimum absolute atomic E-state index is 0.0137. The highest BCUT2D eigenvalue weighted by molar-refractivity contribution is 6.01. The van der Waals surface area contributed by atoms with Crippen molar-refractivity contribution in [1.82, 2.24) is 0 Å². The molecule has 0 unspecified atom stereocenters. The molecule has 2 bridgehead atoms. The van der Waals surface area contributed by atoms with Crippen LogP contribution in [0.15, 0.2) is 54.6 Å². The highest BCUT2D eigenvalue weighted by Crippen LogP contribution is 2.53. The lowest BCUT2D eigenvalue weighted by Crippen LogP contribution is -2.37. The number of benzene rings is 2. The van der Waals surface area contributed by atoms with E-state index in [9.17, 15) is 19.2 Å². The SMILES string of the molecule is CC(=O)c1cccc(NC(=O)COC(=O)[C@H]2[C@H]3CC[C@@H](C3)[C@H]2C(=O)c2ccccc2)c1. The average Bonchev–Trinajstić information content (AvgIpc) is 3.39. The first kappa shape index (κ1) is 21.0.